The Hall–Kier alpha value is -3.30. The topological polar surface area (TPSA) is 136 Å². The molecule has 0 aliphatic heterocycles. The first-order chi connectivity index (χ1) is 10.1. The van der Waals surface area contributed by atoms with Gasteiger partial charge in [0.25, 0.3) is 11.6 Å². The van der Waals surface area contributed by atoms with Crippen molar-refractivity contribution in [2.75, 3.05) is 0 Å². The summed E-state index contributed by atoms with van der Waals surface area (Å²) in [6, 6.07) is 3.48. The molecule has 2 rings (SSSR count). The van der Waals surface area contributed by atoms with Crippen molar-refractivity contribution in [1.29, 1.82) is 0 Å². The fraction of sp³-hybridized carbons (Fsp3) is 0.0909. The molecule has 1 aromatic heterocycles. The van der Waals surface area contributed by atoms with Crippen molar-refractivity contribution >= 4 is 17.8 Å². The van der Waals surface area contributed by atoms with E-state index in [1.807, 2.05) is 0 Å². The summed E-state index contributed by atoms with van der Waals surface area (Å²) in [5, 5.41) is 27.5. The Bertz CT molecular complexity index is 682. The van der Waals surface area contributed by atoms with Gasteiger partial charge in [-0.3, -0.25) is 14.9 Å². The molecule has 2 N–H and O–H groups in total. The molecule has 0 fully saturated rings. The average molecular weight is 290 g/mol. The highest BCUT2D eigenvalue weighted by molar-refractivity contribution is 5.85. The van der Waals surface area contributed by atoms with Gasteiger partial charge in [-0.1, -0.05) is 0 Å². The lowest BCUT2D eigenvalue weighted by atomic mass is 10.2. The number of rotatable bonds is 5. The number of nitrogens with one attached hydrogen (secondary N) is 1. The van der Waals surface area contributed by atoms with Gasteiger partial charge in [0, 0.05) is 17.7 Å². The van der Waals surface area contributed by atoms with Gasteiger partial charge in [0.1, 0.15) is 24.9 Å². The number of nitrogens with zero attached hydrogens (tertiary/aromatic N) is 5. The lowest BCUT2D eigenvalue weighted by Crippen LogP contribution is -2.23. The van der Waals surface area contributed by atoms with Gasteiger partial charge in [-0.2, -0.15) is 10.2 Å². The molecule has 1 aromatic carbocycles. The number of hydrogen-bond donors (Lipinski definition) is 2. The summed E-state index contributed by atoms with van der Waals surface area (Å²) in [5.74, 6) is -0.642. The second kappa shape index (κ2) is 6.23. The number of non-ortho nitro benzene ring substituents is 1. The van der Waals surface area contributed by atoms with E-state index in [1.165, 1.54) is 23.4 Å². The van der Waals surface area contributed by atoms with E-state index in [9.17, 15) is 20.0 Å². The van der Waals surface area contributed by atoms with Gasteiger partial charge in [0.15, 0.2) is 0 Å². The Kier molecular flexibility index (Phi) is 4.19. The number of carbonyl (C=O) groups is 1. The smallest absolute Gasteiger partial charge is 0.270 e. The molecule has 108 valence electrons. The van der Waals surface area contributed by atoms with Crippen LogP contribution in [0.4, 0.5) is 5.69 Å². The van der Waals surface area contributed by atoms with Crippen molar-refractivity contribution < 1.29 is 14.8 Å². The van der Waals surface area contributed by atoms with Crippen LogP contribution in [-0.2, 0) is 11.3 Å². The number of aromatic hydroxyl groups is 1. The summed E-state index contributed by atoms with van der Waals surface area (Å²) < 4.78 is 1.30. The maximum absolute atomic E-state index is 11.5. The first kappa shape index (κ1) is 14.1. The first-order valence-corrected chi connectivity index (χ1v) is 5.68. The van der Waals surface area contributed by atoms with Crippen LogP contribution in [0.25, 0.3) is 0 Å². The Balaban J connectivity index is 1.99. The third kappa shape index (κ3) is 3.83. The average Bonchev–Trinajstić information content (AvgIpc) is 2.93. The van der Waals surface area contributed by atoms with E-state index in [0.29, 0.717) is 0 Å². The van der Waals surface area contributed by atoms with E-state index < -0.39 is 10.8 Å². The van der Waals surface area contributed by atoms with Crippen LogP contribution >= 0.6 is 0 Å². The van der Waals surface area contributed by atoms with Gasteiger partial charge in [-0.15, -0.1) is 0 Å². The molecule has 0 unspecified atom stereocenters. The number of phenolic OH excluding ortho intramolecular Hbond substituents is 1. The lowest BCUT2D eigenvalue weighted by Gasteiger charge is -2.00. The Morgan fingerprint density at radius 3 is 3.05 bits per heavy atom. The summed E-state index contributed by atoms with van der Waals surface area (Å²) in [6.45, 7) is -0.0712. The van der Waals surface area contributed by atoms with E-state index in [1.54, 1.807) is 0 Å². The van der Waals surface area contributed by atoms with E-state index in [4.69, 9.17) is 0 Å². The highest BCUT2D eigenvalue weighted by atomic mass is 16.6. The van der Waals surface area contributed by atoms with Crippen molar-refractivity contribution in [2.24, 2.45) is 5.10 Å². The zero-order chi connectivity index (χ0) is 15.2. The highest BCUT2D eigenvalue weighted by Crippen LogP contribution is 2.21. The number of hydrogen-bond acceptors (Lipinski definition) is 7. The number of benzene rings is 1. The van der Waals surface area contributed by atoms with Gasteiger partial charge < -0.3 is 5.11 Å². The van der Waals surface area contributed by atoms with Crippen molar-refractivity contribution in [3.8, 4) is 5.75 Å². The van der Waals surface area contributed by atoms with Gasteiger partial charge in [0.2, 0.25) is 0 Å². The van der Waals surface area contributed by atoms with Crippen LogP contribution in [0.5, 0.6) is 5.75 Å². The van der Waals surface area contributed by atoms with E-state index in [-0.39, 0.29) is 23.5 Å². The third-order valence-corrected chi connectivity index (χ3v) is 2.39. The number of nitro benzene ring substituents is 1. The molecule has 1 amide bonds. The fourth-order valence-electron chi connectivity index (χ4n) is 1.43. The van der Waals surface area contributed by atoms with Crippen LogP contribution in [0, 0.1) is 10.1 Å². The monoisotopic (exact) mass is 290 g/mol. The molecule has 1 heterocycles. The Morgan fingerprint density at radius 1 is 1.57 bits per heavy atom. The molecule has 0 atom stereocenters. The quantitative estimate of drug-likeness (QED) is 0.453. The first-order valence-electron chi connectivity index (χ1n) is 5.68. The lowest BCUT2D eigenvalue weighted by molar-refractivity contribution is -0.384. The molecule has 0 spiro atoms. The summed E-state index contributed by atoms with van der Waals surface area (Å²) in [4.78, 5) is 25.2. The molecule has 0 aliphatic rings. The van der Waals surface area contributed by atoms with Crippen LogP contribution in [0.2, 0.25) is 0 Å². The van der Waals surface area contributed by atoms with Crippen LogP contribution in [0.3, 0.4) is 0 Å². The number of nitro groups is 1. The molecule has 0 bridgehead atoms. The predicted molar refractivity (Wildman–Crippen MR) is 70.5 cm³/mol. The largest absolute Gasteiger partial charge is 0.507 e. The predicted octanol–water partition coefficient (Wildman–Crippen LogP) is 0.0422. The van der Waals surface area contributed by atoms with Gasteiger partial charge in [-0.05, 0) is 6.07 Å². The van der Waals surface area contributed by atoms with Crippen molar-refractivity contribution in [3.63, 3.8) is 0 Å². The molecular formula is C11H10N6O4. The third-order valence-electron chi connectivity index (χ3n) is 2.39. The van der Waals surface area contributed by atoms with E-state index in [0.717, 1.165) is 18.3 Å². The Labute approximate surface area is 117 Å². The number of aromatic nitrogens is 3. The van der Waals surface area contributed by atoms with Gasteiger partial charge in [-0.25, -0.2) is 15.1 Å². The molecule has 0 saturated carbocycles. The number of phenols is 1. The van der Waals surface area contributed by atoms with Gasteiger partial charge in [0.05, 0.1) is 11.1 Å². The SMILES string of the molecule is O=C(Cn1cncn1)N/N=C\c1cc([N+](=O)[O-])ccc1O. The van der Waals surface area contributed by atoms with Crippen LogP contribution in [-0.4, -0.2) is 36.9 Å². The Morgan fingerprint density at radius 2 is 2.38 bits per heavy atom. The van der Waals surface area contributed by atoms with E-state index in [2.05, 4.69) is 20.6 Å². The van der Waals surface area contributed by atoms with Crippen LogP contribution < -0.4 is 5.43 Å². The summed E-state index contributed by atoms with van der Waals surface area (Å²) in [7, 11) is 0. The number of hydrazone groups is 1. The molecule has 0 saturated heterocycles. The molecule has 10 nitrogen and oxygen atoms in total. The molecular weight excluding hydrogens is 280 g/mol. The maximum Gasteiger partial charge on any atom is 0.270 e. The van der Waals surface area contributed by atoms with Gasteiger partial charge >= 0.3 is 0 Å². The van der Waals surface area contributed by atoms with E-state index >= 15 is 0 Å². The molecule has 2 aromatic rings. The number of amides is 1. The highest BCUT2D eigenvalue weighted by Gasteiger charge is 2.09. The normalized spacial score (nSPS) is 10.7. The van der Waals surface area contributed by atoms with Crippen LogP contribution in [0.15, 0.2) is 36.0 Å². The van der Waals surface area contributed by atoms with Crippen molar-refractivity contribution in [2.45, 2.75) is 6.54 Å². The molecule has 21 heavy (non-hydrogen) atoms. The minimum Gasteiger partial charge on any atom is -0.507 e. The zero-order valence-corrected chi connectivity index (χ0v) is 10.6. The zero-order valence-electron chi connectivity index (χ0n) is 10.6. The van der Waals surface area contributed by atoms with Crippen LogP contribution in [0.1, 0.15) is 5.56 Å². The maximum atomic E-state index is 11.5. The number of carbonyl (C=O) groups excluding carboxylic acids is 1. The molecule has 10 heteroatoms. The summed E-state index contributed by atoms with van der Waals surface area (Å²) in [5.41, 5.74) is 2.13. The second-order valence-electron chi connectivity index (χ2n) is 3.89. The molecule has 0 aliphatic carbocycles. The minimum atomic E-state index is -0.597. The van der Waals surface area contributed by atoms with Crippen molar-refractivity contribution in [3.05, 3.63) is 46.5 Å². The molecule has 0 radical (unpaired) electrons. The summed E-state index contributed by atoms with van der Waals surface area (Å²) in [6.07, 6.45) is 3.77. The fourth-order valence-corrected chi connectivity index (χ4v) is 1.43. The van der Waals surface area contributed by atoms with Crippen molar-refractivity contribution in [1.82, 2.24) is 20.2 Å². The summed E-state index contributed by atoms with van der Waals surface area (Å²) >= 11 is 0. The standard InChI is InChI=1S/C11H10N6O4/c18-10-2-1-9(17(20)21)3-8(10)4-13-15-11(19)5-16-7-12-6-14-16/h1-4,6-7,18H,5H2,(H,15,19)/b13-4-. The second-order valence-corrected chi connectivity index (χ2v) is 3.89. The minimum absolute atomic E-state index is 0.0712.